The maximum Gasteiger partial charge on any atom is 0.274 e. The lowest BCUT2D eigenvalue weighted by Gasteiger charge is -2.14. The standard InChI is InChI=1S/C23H25N3O3/c1-14-10-15(2)22(16(3)11-14)26-23(27)19-8-6-17(13-24-19)25-20-12-18(28-4)7-9-21(20)29-5/h6-13,25H,1-5H3,(H,26,27). The first-order valence-corrected chi connectivity index (χ1v) is 9.25. The van der Waals surface area contributed by atoms with Crippen molar-refractivity contribution in [2.45, 2.75) is 20.8 Å². The van der Waals surface area contributed by atoms with Crippen molar-refractivity contribution < 1.29 is 14.3 Å². The van der Waals surface area contributed by atoms with E-state index in [4.69, 9.17) is 9.47 Å². The lowest BCUT2D eigenvalue weighted by atomic mass is 10.0. The first kappa shape index (κ1) is 20.2. The molecule has 2 N–H and O–H groups in total. The van der Waals surface area contributed by atoms with Crippen LogP contribution in [0.5, 0.6) is 11.5 Å². The molecule has 0 atom stereocenters. The zero-order chi connectivity index (χ0) is 21.0. The van der Waals surface area contributed by atoms with E-state index in [1.807, 2.05) is 51.1 Å². The molecule has 6 heteroatoms. The predicted octanol–water partition coefficient (Wildman–Crippen LogP) is 5.02. The molecule has 0 aliphatic heterocycles. The summed E-state index contributed by atoms with van der Waals surface area (Å²) in [6, 6.07) is 13.1. The van der Waals surface area contributed by atoms with E-state index in [2.05, 4.69) is 15.6 Å². The molecular formula is C23H25N3O3. The van der Waals surface area contributed by atoms with Crippen molar-refractivity contribution >= 4 is 23.0 Å². The number of nitrogens with zero attached hydrogens (tertiary/aromatic N) is 1. The Labute approximate surface area is 170 Å². The van der Waals surface area contributed by atoms with Crippen LogP contribution in [-0.2, 0) is 0 Å². The molecule has 1 aromatic heterocycles. The number of rotatable bonds is 6. The lowest BCUT2D eigenvalue weighted by molar-refractivity contribution is 0.102. The zero-order valence-corrected chi connectivity index (χ0v) is 17.3. The van der Waals surface area contributed by atoms with Gasteiger partial charge in [0.2, 0.25) is 0 Å². The number of hydrogen-bond donors (Lipinski definition) is 2. The summed E-state index contributed by atoms with van der Waals surface area (Å²) < 4.78 is 10.6. The fourth-order valence-corrected chi connectivity index (χ4v) is 3.22. The van der Waals surface area contributed by atoms with E-state index in [-0.39, 0.29) is 5.91 Å². The van der Waals surface area contributed by atoms with Gasteiger partial charge in [0, 0.05) is 11.8 Å². The van der Waals surface area contributed by atoms with E-state index in [0.717, 1.165) is 28.2 Å². The summed E-state index contributed by atoms with van der Waals surface area (Å²) in [4.78, 5) is 16.9. The number of carbonyl (C=O) groups excluding carboxylic acids is 1. The summed E-state index contributed by atoms with van der Waals surface area (Å²) in [7, 11) is 3.21. The van der Waals surface area contributed by atoms with Crippen molar-refractivity contribution in [3.63, 3.8) is 0 Å². The third-order valence-electron chi connectivity index (χ3n) is 4.60. The first-order valence-electron chi connectivity index (χ1n) is 9.25. The molecule has 0 radical (unpaired) electrons. The van der Waals surface area contributed by atoms with Gasteiger partial charge in [0.25, 0.3) is 5.91 Å². The van der Waals surface area contributed by atoms with Crippen LogP contribution in [0.25, 0.3) is 0 Å². The van der Waals surface area contributed by atoms with Gasteiger partial charge in [-0.2, -0.15) is 0 Å². The molecule has 0 fully saturated rings. The largest absolute Gasteiger partial charge is 0.497 e. The number of carbonyl (C=O) groups is 1. The van der Waals surface area contributed by atoms with Gasteiger partial charge in [0.1, 0.15) is 17.2 Å². The third-order valence-corrected chi connectivity index (χ3v) is 4.60. The molecule has 1 amide bonds. The molecule has 29 heavy (non-hydrogen) atoms. The number of aromatic nitrogens is 1. The normalized spacial score (nSPS) is 10.4. The summed E-state index contributed by atoms with van der Waals surface area (Å²) in [6.45, 7) is 6.01. The van der Waals surface area contributed by atoms with Crippen LogP contribution in [0.2, 0.25) is 0 Å². The van der Waals surface area contributed by atoms with Crippen molar-refractivity contribution in [3.8, 4) is 11.5 Å². The van der Waals surface area contributed by atoms with Crippen LogP contribution in [0.15, 0.2) is 48.7 Å². The van der Waals surface area contributed by atoms with Gasteiger partial charge in [-0.05, 0) is 56.2 Å². The Morgan fingerprint density at radius 2 is 1.66 bits per heavy atom. The van der Waals surface area contributed by atoms with Gasteiger partial charge in [-0.1, -0.05) is 17.7 Å². The third kappa shape index (κ3) is 4.66. The number of anilines is 3. The van der Waals surface area contributed by atoms with Crippen LogP contribution in [-0.4, -0.2) is 25.1 Å². The Hall–Kier alpha value is -3.54. The van der Waals surface area contributed by atoms with Crippen LogP contribution < -0.4 is 20.1 Å². The van der Waals surface area contributed by atoms with Crippen molar-refractivity contribution in [3.05, 3.63) is 71.0 Å². The van der Waals surface area contributed by atoms with E-state index in [1.165, 1.54) is 5.56 Å². The second-order valence-electron chi connectivity index (χ2n) is 6.85. The molecule has 6 nitrogen and oxygen atoms in total. The smallest absolute Gasteiger partial charge is 0.274 e. The molecule has 2 aromatic carbocycles. The van der Waals surface area contributed by atoms with Gasteiger partial charge in [-0.3, -0.25) is 4.79 Å². The van der Waals surface area contributed by atoms with Crippen LogP contribution >= 0.6 is 0 Å². The highest BCUT2D eigenvalue weighted by atomic mass is 16.5. The fraction of sp³-hybridized carbons (Fsp3) is 0.217. The van der Waals surface area contributed by atoms with Gasteiger partial charge in [0.05, 0.1) is 31.8 Å². The number of methoxy groups -OCH3 is 2. The quantitative estimate of drug-likeness (QED) is 0.617. The van der Waals surface area contributed by atoms with Gasteiger partial charge in [0.15, 0.2) is 0 Å². The Bertz CT molecular complexity index is 1010. The number of benzene rings is 2. The molecule has 0 bridgehead atoms. The number of aryl methyl sites for hydroxylation is 3. The van der Waals surface area contributed by atoms with Crippen molar-refractivity contribution in [2.75, 3.05) is 24.9 Å². The first-order chi connectivity index (χ1) is 13.9. The van der Waals surface area contributed by atoms with Gasteiger partial charge < -0.3 is 20.1 Å². The molecule has 3 rings (SSSR count). The Morgan fingerprint density at radius 3 is 2.24 bits per heavy atom. The summed E-state index contributed by atoms with van der Waals surface area (Å²) in [5, 5.41) is 6.21. The van der Waals surface area contributed by atoms with Crippen LogP contribution in [0, 0.1) is 20.8 Å². The molecular weight excluding hydrogens is 366 g/mol. The van der Waals surface area contributed by atoms with E-state index in [1.54, 1.807) is 32.5 Å². The number of pyridine rings is 1. The highest BCUT2D eigenvalue weighted by molar-refractivity contribution is 6.03. The SMILES string of the molecule is COc1ccc(OC)c(Nc2ccc(C(=O)Nc3c(C)cc(C)cc3C)nc2)c1. The van der Waals surface area contributed by atoms with Crippen LogP contribution in [0.4, 0.5) is 17.1 Å². The maximum atomic E-state index is 12.6. The van der Waals surface area contributed by atoms with Crippen molar-refractivity contribution in [1.29, 1.82) is 0 Å². The fourth-order valence-electron chi connectivity index (χ4n) is 3.22. The zero-order valence-electron chi connectivity index (χ0n) is 17.3. The van der Waals surface area contributed by atoms with E-state index in [9.17, 15) is 4.79 Å². The topological polar surface area (TPSA) is 72.5 Å². The maximum absolute atomic E-state index is 12.6. The molecule has 1 heterocycles. The minimum atomic E-state index is -0.245. The predicted molar refractivity (Wildman–Crippen MR) is 116 cm³/mol. The Morgan fingerprint density at radius 1 is 0.931 bits per heavy atom. The highest BCUT2D eigenvalue weighted by Crippen LogP contribution is 2.31. The minimum Gasteiger partial charge on any atom is -0.497 e. The average molecular weight is 391 g/mol. The van der Waals surface area contributed by atoms with E-state index >= 15 is 0 Å². The van der Waals surface area contributed by atoms with Gasteiger partial charge >= 0.3 is 0 Å². The summed E-state index contributed by atoms with van der Waals surface area (Å²) in [5.41, 5.74) is 5.86. The van der Waals surface area contributed by atoms with E-state index in [0.29, 0.717) is 17.2 Å². The van der Waals surface area contributed by atoms with Crippen LogP contribution in [0.1, 0.15) is 27.2 Å². The van der Waals surface area contributed by atoms with Crippen molar-refractivity contribution in [2.24, 2.45) is 0 Å². The number of amides is 1. The van der Waals surface area contributed by atoms with Crippen LogP contribution in [0.3, 0.4) is 0 Å². The van der Waals surface area contributed by atoms with Gasteiger partial charge in [-0.15, -0.1) is 0 Å². The molecule has 0 spiro atoms. The minimum absolute atomic E-state index is 0.245. The second kappa shape index (κ2) is 8.65. The Kier molecular flexibility index (Phi) is 6.02. The molecule has 0 saturated heterocycles. The summed E-state index contributed by atoms with van der Waals surface area (Å²) in [5.74, 6) is 1.14. The monoisotopic (exact) mass is 391 g/mol. The second-order valence-corrected chi connectivity index (χ2v) is 6.85. The lowest BCUT2D eigenvalue weighted by Crippen LogP contribution is -2.15. The average Bonchev–Trinajstić information content (AvgIpc) is 2.71. The number of hydrogen-bond acceptors (Lipinski definition) is 5. The molecule has 0 aliphatic carbocycles. The molecule has 0 saturated carbocycles. The van der Waals surface area contributed by atoms with Gasteiger partial charge in [-0.25, -0.2) is 4.98 Å². The van der Waals surface area contributed by atoms with E-state index < -0.39 is 0 Å². The molecule has 3 aromatic rings. The van der Waals surface area contributed by atoms with Crippen molar-refractivity contribution in [1.82, 2.24) is 4.98 Å². The molecule has 0 unspecified atom stereocenters. The highest BCUT2D eigenvalue weighted by Gasteiger charge is 2.12. The number of ether oxygens (including phenoxy) is 2. The number of nitrogens with one attached hydrogen (secondary N) is 2. The Balaban J connectivity index is 1.76. The summed E-state index contributed by atoms with van der Waals surface area (Å²) >= 11 is 0. The summed E-state index contributed by atoms with van der Waals surface area (Å²) in [6.07, 6.45) is 1.61. The molecule has 150 valence electrons. The molecule has 0 aliphatic rings.